The van der Waals surface area contributed by atoms with Crippen molar-refractivity contribution >= 4 is 22.0 Å². The first-order valence-corrected chi connectivity index (χ1v) is 12.1. The van der Waals surface area contributed by atoms with Gasteiger partial charge in [0.05, 0.1) is 6.04 Å². The highest BCUT2D eigenvalue weighted by atomic mass is 32.2. The Morgan fingerprint density at radius 2 is 1.65 bits per heavy atom. The van der Waals surface area contributed by atoms with Gasteiger partial charge in [-0.15, -0.1) is 0 Å². The molecule has 1 aliphatic heterocycles. The molecule has 3 rings (SSSR count). The Kier molecular flexibility index (Phi) is 8.01. The van der Waals surface area contributed by atoms with Gasteiger partial charge in [-0.25, -0.2) is 8.42 Å². The Morgan fingerprint density at radius 1 is 1.06 bits per heavy atom. The van der Waals surface area contributed by atoms with E-state index in [1.807, 2.05) is 62.6 Å². The minimum atomic E-state index is -3.49. The van der Waals surface area contributed by atoms with Crippen molar-refractivity contribution < 1.29 is 13.2 Å². The van der Waals surface area contributed by atoms with Crippen molar-refractivity contribution in [2.75, 3.05) is 33.7 Å². The average molecular weight is 442 g/mol. The number of carbonyl (C=O) groups excluding carboxylic acids is 1. The second-order valence-electron chi connectivity index (χ2n) is 8.07. The first-order chi connectivity index (χ1) is 14.9. The lowest BCUT2D eigenvalue weighted by atomic mass is 9.97. The summed E-state index contributed by atoms with van der Waals surface area (Å²) in [5.41, 5.74) is 1.99. The number of rotatable bonds is 8. The van der Waals surface area contributed by atoms with Gasteiger partial charge >= 0.3 is 0 Å². The fourth-order valence-electron chi connectivity index (χ4n) is 3.80. The SMILES string of the molecule is CN(C)C(CNC(=O)C1CCN(S(=O)(=O)C=Cc2ccccc2)CC1)c1ccccc1. The quantitative estimate of drug-likeness (QED) is 0.683. The Morgan fingerprint density at radius 3 is 2.23 bits per heavy atom. The lowest BCUT2D eigenvalue weighted by molar-refractivity contribution is -0.126. The largest absolute Gasteiger partial charge is 0.354 e. The normalized spacial score (nSPS) is 17.1. The minimum absolute atomic E-state index is 0.000318. The number of sulfonamides is 1. The van der Waals surface area contributed by atoms with Crippen molar-refractivity contribution in [2.45, 2.75) is 18.9 Å². The van der Waals surface area contributed by atoms with Crippen LogP contribution < -0.4 is 5.32 Å². The second kappa shape index (κ2) is 10.7. The van der Waals surface area contributed by atoms with Crippen molar-refractivity contribution in [3.63, 3.8) is 0 Å². The van der Waals surface area contributed by atoms with Crippen LogP contribution >= 0.6 is 0 Å². The van der Waals surface area contributed by atoms with E-state index in [-0.39, 0.29) is 17.9 Å². The van der Waals surface area contributed by atoms with Crippen LogP contribution in [0, 0.1) is 5.92 Å². The molecule has 2 aromatic rings. The number of nitrogens with zero attached hydrogens (tertiary/aromatic N) is 2. The number of nitrogens with one attached hydrogen (secondary N) is 1. The molecule has 1 aliphatic rings. The summed E-state index contributed by atoms with van der Waals surface area (Å²) in [4.78, 5) is 14.8. The zero-order valence-corrected chi connectivity index (χ0v) is 19.0. The van der Waals surface area contributed by atoms with E-state index in [1.165, 1.54) is 9.71 Å². The molecule has 1 fully saturated rings. The molecule has 7 heteroatoms. The Bertz CT molecular complexity index is 968. The van der Waals surface area contributed by atoms with Gasteiger partial charge in [0.15, 0.2) is 0 Å². The topological polar surface area (TPSA) is 69.7 Å². The van der Waals surface area contributed by atoms with Gasteiger partial charge in [0.25, 0.3) is 0 Å². The molecule has 0 spiro atoms. The molecule has 1 amide bonds. The van der Waals surface area contributed by atoms with Crippen molar-refractivity contribution in [1.29, 1.82) is 0 Å². The summed E-state index contributed by atoms with van der Waals surface area (Å²) in [6.07, 6.45) is 2.67. The summed E-state index contributed by atoms with van der Waals surface area (Å²) >= 11 is 0. The van der Waals surface area contributed by atoms with Crippen LogP contribution in [0.1, 0.15) is 30.0 Å². The van der Waals surface area contributed by atoms with E-state index in [0.29, 0.717) is 32.5 Å². The van der Waals surface area contributed by atoms with Crippen LogP contribution in [0.3, 0.4) is 0 Å². The maximum Gasteiger partial charge on any atom is 0.236 e. The number of hydrogen-bond acceptors (Lipinski definition) is 4. The zero-order valence-electron chi connectivity index (χ0n) is 18.1. The number of carbonyl (C=O) groups is 1. The van der Waals surface area contributed by atoms with Gasteiger partial charge in [-0.1, -0.05) is 60.7 Å². The van der Waals surface area contributed by atoms with Crippen LogP contribution in [0.4, 0.5) is 0 Å². The molecule has 1 unspecified atom stereocenters. The molecule has 0 aliphatic carbocycles. The first kappa shape index (κ1) is 23.2. The number of piperidine rings is 1. The van der Waals surface area contributed by atoms with E-state index >= 15 is 0 Å². The third-order valence-corrected chi connectivity index (χ3v) is 7.26. The van der Waals surface area contributed by atoms with Crippen LogP contribution in [0.15, 0.2) is 66.1 Å². The van der Waals surface area contributed by atoms with Crippen molar-refractivity contribution in [1.82, 2.24) is 14.5 Å². The highest BCUT2D eigenvalue weighted by Crippen LogP contribution is 2.22. The van der Waals surface area contributed by atoms with Gasteiger partial charge in [-0.2, -0.15) is 4.31 Å². The van der Waals surface area contributed by atoms with Gasteiger partial charge in [0.1, 0.15) is 0 Å². The van der Waals surface area contributed by atoms with Gasteiger partial charge in [-0.3, -0.25) is 4.79 Å². The molecule has 0 bridgehead atoms. The van der Waals surface area contributed by atoms with Gasteiger partial charge in [0.2, 0.25) is 15.9 Å². The standard InChI is InChI=1S/C24H31N3O3S/c1-26(2)23(21-11-7-4-8-12-21)19-25-24(28)22-13-16-27(17-14-22)31(29,30)18-15-20-9-5-3-6-10-20/h3-12,15,18,22-23H,13-14,16-17,19H2,1-2H3,(H,25,28). The highest BCUT2D eigenvalue weighted by Gasteiger charge is 2.30. The predicted molar refractivity (Wildman–Crippen MR) is 125 cm³/mol. The smallest absolute Gasteiger partial charge is 0.236 e. The van der Waals surface area contributed by atoms with E-state index < -0.39 is 10.0 Å². The number of benzene rings is 2. The molecule has 31 heavy (non-hydrogen) atoms. The molecular weight excluding hydrogens is 410 g/mol. The van der Waals surface area contributed by atoms with Gasteiger partial charge in [0, 0.05) is 31.0 Å². The lowest BCUT2D eigenvalue weighted by Gasteiger charge is -2.31. The molecule has 0 saturated carbocycles. The molecule has 0 radical (unpaired) electrons. The van der Waals surface area contributed by atoms with Crippen molar-refractivity contribution in [3.8, 4) is 0 Å². The summed E-state index contributed by atoms with van der Waals surface area (Å²) in [5.74, 6) is -0.164. The third kappa shape index (κ3) is 6.50. The van der Waals surface area contributed by atoms with E-state index in [0.717, 1.165) is 11.1 Å². The fraction of sp³-hybridized carbons (Fsp3) is 0.375. The summed E-state index contributed by atoms with van der Waals surface area (Å²) in [6.45, 7) is 1.23. The monoisotopic (exact) mass is 441 g/mol. The molecule has 2 aromatic carbocycles. The molecule has 1 N–H and O–H groups in total. The Hall–Kier alpha value is -2.48. The van der Waals surface area contributed by atoms with Crippen molar-refractivity contribution in [2.24, 2.45) is 5.92 Å². The Balaban J connectivity index is 1.51. The maximum absolute atomic E-state index is 12.7. The van der Waals surface area contributed by atoms with Crippen LogP contribution in [0.5, 0.6) is 0 Å². The van der Waals surface area contributed by atoms with E-state index in [2.05, 4.69) is 22.3 Å². The minimum Gasteiger partial charge on any atom is -0.354 e. The molecule has 166 valence electrons. The summed E-state index contributed by atoms with van der Waals surface area (Å²) in [6, 6.07) is 19.5. The van der Waals surface area contributed by atoms with Gasteiger partial charge in [-0.05, 0) is 44.1 Å². The van der Waals surface area contributed by atoms with Crippen molar-refractivity contribution in [3.05, 3.63) is 77.2 Å². The van der Waals surface area contributed by atoms with Gasteiger partial charge < -0.3 is 10.2 Å². The van der Waals surface area contributed by atoms with Crippen LogP contribution in [-0.2, 0) is 14.8 Å². The molecule has 1 heterocycles. The fourth-order valence-corrected chi connectivity index (χ4v) is 5.02. The summed E-state index contributed by atoms with van der Waals surface area (Å²) < 4.78 is 26.7. The number of likely N-dealkylation sites (N-methyl/N-ethyl adjacent to an activating group) is 1. The highest BCUT2D eigenvalue weighted by molar-refractivity contribution is 7.92. The molecule has 1 atom stereocenters. The molecular formula is C24H31N3O3S. The zero-order chi connectivity index (χ0) is 22.3. The van der Waals surface area contributed by atoms with E-state index in [4.69, 9.17) is 0 Å². The van der Waals surface area contributed by atoms with E-state index in [1.54, 1.807) is 6.08 Å². The number of amides is 1. The molecule has 6 nitrogen and oxygen atoms in total. The van der Waals surface area contributed by atoms with Crippen LogP contribution in [-0.4, -0.2) is 57.3 Å². The van der Waals surface area contributed by atoms with Crippen LogP contribution in [0.25, 0.3) is 6.08 Å². The average Bonchev–Trinajstić information content (AvgIpc) is 2.79. The van der Waals surface area contributed by atoms with E-state index in [9.17, 15) is 13.2 Å². The number of hydrogen-bond donors (Lipinski definition) is 1. The summed E-state index contributed by atoms with van der Waals surface area (Å²) in [7, 11) is 0.503. The summed E-state index contributed by atoms with van der Waals surface area (Å²) in [5, 5.41) is 4.32. The second-order valence-corrected chi connectivity index (χ2v) is 9.89. The molecule has 1 saturated heterocycles. The molecule has 0 aromatic heterocycles. The predicted octanol–water partition coefficient (Wildman–Crippen LogP) is 3.12. The van der Waals surface area contributed by atoms with Crippen LogP contribution in [0.2, 0.25) is 0 Å². The maximum atomic E-state index is 12.7. The lowest BCUT2D eigenvalue weighted by Crippen LogP contribution is -2.44. The third-order valence-electron chi connectivity index (χ3n) is 5.69. The first-order valence-electron chi connectivity index (χ1n) is 10.6. The Labute approximate surface area is 185 Å².